The zero-order chi connectivity index (χ0) is 15.0. The fourth-order valence-corrected chi connectivity index (χ4v) is 3.76. The van der Waals surface area contributed by atoms with Gasteiger partial charge in [0.1, 0.15) is 5.84 Å². The third-order valence-electron chi connectivity index (χ3n) is 3.26. The average Bonchev–Trinajstić information content (AvgIpc) is 2.47. The fraction of sp³-hybridized carbons (Fsp3) is 0.909. The molecule has 0 bridgehead atoms. The molecule has 0 saturated carbocycles. The number of piperidine rings is 1. The molecule has 0 unspecified atom stereocenters. The normalized spacial score (nSPS) is 18.6. The summed E-state index contributed by atoms with van der Waals surface area (Å²) >= 11 is 0. The number of oxime groups is 1. The van der Waals surface area contributed by atoms with Crippen LogP contribution in [0, 0.1) is 0 Å². The van der Waals surface area contributed by atoms with Crippen LogP contribution in [0.4, 0.5) is 0 Å². The van der Waals surface area contributed by atoms with Crippen LogP contribution < -0.4 is 5.73 Å². The first-order valence-corrected chi connectivity index (χ1v) is 8.12. The molecule has 9 heteroatoms. The number of hydrogen-bond donors (Lipinski definition) is 2. The number of nitrogens with two attached hydrogens (primary N) is 1. The lowest BCUT2D eigenvalue weighted by atomic mass is 10.2. The Morgan fingerprint density at radius 2 is 2.00 bits per heavy atom. The Bertz CT molecular complexity index is 407. The topological polar surface area (TPSA) is 108 Å². The van der Waals surface area contributed by atoms with Crippen LogP contribution in [0.3, 0.4) is 0 Å². The second kappa shape index (κ2) is 8.40. The van der Waals surface area contributed by atoms with E-state index in [2.05, 4.69) is 5.16 Å². The Balaban J connectivity index is 2.73. The number of amidine groups is 1. The summed E-state index contributed by atoms with van der Waals surface area (Å²) in [6.45, 7) is 1.85. The van der Waals surface area contributed by atoms with E-state index in [4.69, 9.17) is 15.7 Å². The summed E-state index contributed by atoms with van der Waals surface area (Å²) in [6.07, 6.45) is 3.02. The summed E-state index contributed by atoms with van der Waals surface area (Å²) in [4.78, 5) is 0. The minimum atomic E-state index is -3.51. The van der Waals surface area contributed by atoms with Gasteiger partial charge in [0, 0.05) is 39.7 Å². The van der Waals surface area contributed by atoms with Crippen molar-refractivity contribution in [2.75, 3.05) is 39.9 Å². The Kier molecular flexibility index (Phi) is 7.20. The monoisotopic (exact) mass is 308 g/mol. The number of rotatable bonds is 8. The maximum atomic E-state index is 12.5. The van der Waals surface area contributed by atoms with Crippen LogP contribution in [0.5, 0.6) is 0 Å². The minimum Gasteiger partial charge on any atom is -0.409 e. The Hall–Kier alpha value is -0.900. The highest BCUT2D eigenvalue weighted by atomic mass is 32.2. The second-order valence-corrected chi connectivity index (χ2v) is 6.63. The van der Waals surface area contributed by atoms with Crippen molar-refractivity contribution < 1.29 is 18.4 Å². The molecule has 0 radical (unpaired) electrons. The summed E-state index contributed by atoms with van der Waals surface area (Å²) in [7, 11) is -1.98. The molecule has 1 aliphatic rings. The fourth-order valence-electron chi connectivity index (χ4n) is 2.08. The molecule has 0 aromatic heterocycles. The van der Waals surface area contributed by atoms with Crippen LogP contribution in [-0.4, -0.2) is 68.0 Å². The third-order valence-corrected chi connectivity index (χ3v) is 5.29. The molecule has 8 nitrogen and oxygen atoms in total. The van der Waals surface area contributed by atoms with Gasteiger partial charge in [0.15, 0.2) is 0 Å². The highest BCUT2D eigenvalue weighted by Crippen LogP contribution is 2.16. The summed E-state index contributed by atoms with van der Waals surface area (Å²) in [5, 5.41) is 11.4. The summed E-state index contributed by atoms with van der Waals surface area (Å²) in [6, 6.07) is 0. The third kappa shape index (κ3) is 4.89. The smallest absolute Gasteiger partial charge is 0.282 e. The Morgan fingerprint density at radius 1 is 1.35 bits per heavy atom. The van der Waals surface area contributed by atoms with E-state index in [1.165, 1.54) is 15.7 Å². The quantitative estimate of drug-likeness (QED) is 0.279. The largest absolute Gasteiger partial charge is 0.409 e. The van der Waals surface area contributed by atoms with E-state index in [0.717, 1.165) is 19.3 Å². The highest BCUT2D eigenvalue weighted by Gasteiger charge is 2.30. The van der Waals surface area contributed by atoms with Crippen molar-refractivity contribution in [2.45, 2.75) is 25.7 Å². The molecule has 1 saturated heterocycles. The van der Waals surface area contributed by atoms with Gasteiger partial charge in [0.25, 0.3) is 10.2 Å². The van der Waals surface area contributed by atoms with Crippen molar-refractivity contribution in [1.82, 2.24) is 8.61 Å². The van der Waals surface area contributed by atoms with Crippen molar-refractivity contribution in [1.29, 1.82) is 0 Å². The maximum absolute atomic E-state index is 12.5. The second-order valence-electron chi connectivity index (χ2n) is 4.70. The molecule has 0 aromatic carbocycles. The molecule has 3 N–H and O–H groups in total. The van der Waals surface area contributed by atoms with Crippen LogP contribution in [0.1, 0.15) is 25.7 Å². The highest BCUT2D eigenvalue weighted by molar-refractivity contribution is 7.86. The molecule has 0 amide bonds. The van der Waals surface area contributed by atoms with Crippen LogP contribution in [0.15, 0.2) is 5.16 Å². The molecule has 20 heavy (non-hydrogen) atoms. The van der Waals surface area contributed by atoms with E-state index in [1.54, 1.807) is 0 Å². The predicted octanol–water partition coefficient (Wildman–Crippen LogP) is -0.198. The van der Waals surface area contributed by atoms with E-state index in [1.807, 2.05) is 0 Å². The lowest BCUT2D eigenvalue weighted by Crippen LogP contribution is -2.47. The lowest BCUT2D eigenvalue weighted by molar-refractivity contribution is 0.175. The van der Waals surface area contributed by atoms with Crippen molar-refractivity contribution in [3.8, 4) is 0 Å². The van der Waals surface area contributed by atoms with E-state index in [0.29, 0.717) is 19.7 Å². The van der Waals surface area contributed by atoms with Gasteiger partial charge in [-0.2, -0.15) is 17.0 Å². The van der Waals surface area contributed by atoms with Gasteiger partial charge in [0.05, 0.1) is 6.61 Å². The van der Waals surface area contributed by atoms with E-state index < -0.39 is 10.2 Å². The number of methoxy groups -OCH3 is 1. The van der Waals surface area contributed by atoms with Gasteiger partial charge in [-0.05, 0) is 12.8 Å². The van der Waals surface area contributed by atoms with E-state index in [9.17, 15) is 8.42 Å². The first-order chi connectivity index (χ1) is 9.52. The van der Waals surface area contributed by atoms with Gasteiger partial charge in [-0.3, -0.25) is 0 Å². The van der Waals surface area contributed by atoms with Gasteiger partial charge >= 0.3 is 0 Å². The van der Waals surface area contributed by atoms with Gasteiger partial charge in [0.2, 0.25) is 0 Å². The van der Waals surface area contributed by atoms with Gasteiger partial charge in [-0.1, -0.05) is 11.6 Å². The molecule has 118 valence electrons. The van der Waals surface area contributed by atoms with Crippen molar-refractivity contribution >= 4 is 16.0 Å². The molecule has 1 rings (SSSR count). The van der Waals surface area contributed by atoms with Gasteiger partial charge < -0.3 is 15.7 Å². The molecule has 1 heterocycles. The molecular formula is C11H24N4O4S. The summed E-state index contributed by atoms with van der Waals surface area (Å²) in [5.41, 5.74) is 5.41. The van der Waals surface area contributed by atoms with Gasteiger partial charge in [-0.15, -0.1) is 0 Å². The van der Waals surface area contributed by atoms with E-state index in [-0.39, 0.29) is 25.3 Å². The first kappa shape index (κ1) is 17.2. The first-order valence-electron chi connectivity index (χ1n) is 6.73. The summed E-state index contributed by atoms with van der Waals surface area (Å²) in [5.74, 6) is 0.0151. The van der Waals surface area contributed by atoms with Gasteiger partial charge in [-0.25, -0.2) is 0 Å². The number of nitrogens with zero attached hydrogens (tertiary/aromatic N) is 3. The Morgan fingerprint density at radius 3 is 2.55 bits per heavy atom. The average molecular weight is 308 g/mol. The van der Waals surface area contributed by atoms with Crippen molar-refractivity contribution in [3.63, 3.8) is 0 Å². The molecule has 1 aliphatic heterocycles. The number of ether oxygens (including phenoxy) is 1. The Labute approximate surface area is 120 Å². The molecule has 0 aliphatic carbocycles. The maximum Gasteiger partial charge on any atom is 0.282 e. The molecule has 0 aromatic rings. The minimum absolute atomic E-state index is 0.0151. The molecule has 0 atom stereocenters. The molecular weight excluding hydrogens is 284 g/mol. The molecule has 1 fully saturated rings. The zero-order valence-corrected chi connectivity index (χ0v) is 12.7. The van der Waals surface area contributed by atoms with Crippen LogP contribution >= 0.6 is 0 Å². The van der Waals surface area contributed by atoms with Crippen molar-refractivity contribution in [2.24, 2.45) is 10.9 Å². The van der Waals surface area contributed by atoms with Crippen molar-refractivity contribution in [3.05, 3.63) is 0 Å². The lowest BCUT2D eigenvalue weighted by Gasteiger charge is -2.32. The van der Waals surface area contributed by atoms with Crippen LogP contribution in [0.25, 0.3) is 0 Å². The van der Waals surface area contributed by atoms with E-state index >= 15 is 0 Å². The number of hydrogen-bond acceptors (Lipinski definition) is 5. The zero-order valence-electron chi connectivity index (χ0n) is 11.9. The predicted molar refractivity (Wildman–Crippen MR) is 75.8 cm³/mol. The molecule has 0 spiro atoms. The standard InChI is InChI=1S/C11H24N4O4S/c1-19-10-9-15(8-5-11(12)13-16)20(17,18)14-6-3-2-4-7-14/h16H,2-10H2,1H3,(H2,12,13). The SMILES string of the molecule is COCCN(CCC(N)=NO)S(=O)(=O)N1CCCCC1. The van der Waals surface area contributed by atoms with Crippen LogP contribution in [-0.2, 0) is 14.9 Å². The summed E-state index contributed by atoms with van der Waals surface area (Å²) < 4.78 is 32.9. The van der Waals surface area contributed by atoms with Crippen LogP contribution in [0.2, 0.25) is 0 Å².